The van der Waals surface area contributed by atoms with Gasteiger partial charge in [0.25, 0.3) is 0 Å². The van der Waals surface area contributed by atoms with Crippen molar-refractivity contribution in [2.45, 2.75) is 0 Å². The molecule has 0 amide bonds. The molecule has 0 spiro atoms. The second-order valence-electron chi connectivity index (χ2n) is 2.82. The van der Waals surface area contributed by atoms with Crippen molar-refractivity contribution in [1.29, 1.82) is 0 Å². The summed E-state index contributed by atoms with van der Waals surface area (Å²) in [5.41, 5.74) is -0.338. The highest BCUT2D eigenvalue weighted by Crippen LogP contribution is 2.21. The summed E-state index contributed by atoms with van der Waals surface area (Å²) < 4.78 is 35.5. The van der Waals surface area contributed by atoms with Crippen molar-refractivity contribution in [3.8, 4) is 5.75 Å². The molecule has 0 bridgehead atoms. The lowest BCUT2D eigenvalue weighted by molar-refractivity contribution is 0.0843. The van der Waals surface area contributed by atoms with Crippen LogP contribution < -0.4 is 4.74 Å². The van der Waals surface area contributed by atoms with Crippen molar-refractivity contribution in [2.24, 2.45) is 0 Å². The molecule has 0 atom stereocenters. The number of methoxy groups -OCH3 is 2. The summed E-state index contributed by atoms with van der Waals surface area (Å²) in [6, 6.07) is 1.63. The summed E-state index contributed by atoms with van der Waals surface area (Å²) in [6.07, 6.45) is 0. The van der Waals surface area contributed by atoms with Crippen molar-refractivity contribution >= 4 is 5.78 Å². The van der Waals surface area contributed by atoms with Crippen molar-refractivity contribution in [3.63, 3.8) is 0 Å². The first-order valence-electron chi connectivity index (χ1n) is 4.15. The number of ether oxygens (including phenoxy) is 2. The van der Waals surface area contributed by atoms with E-state index in [9.17, 15) is 13.6 Å². The fourth-order valence-corrected chi connectivity index (χ4v) is 1.11. The molecule has 0 saturated carbocycles. The van der Waals surface area contributed by atoms with Gasteiger partial charge in [0.2, 0.25) is 0 Å². The zero-order valence-corrected chi connectivity index (χ0v) is 8.34. The van der Waals surface area contributed by atoms with E-state index in [1.165, 1.54) is 14.2 Å². The normalized spacial score (nSPS) is 10.1. The lowest BCUT2D eigenvalue weighted by atomic mass is 10.1. The average molecular weight is 216 g/mol. The minimum Gasteiger partial charge on any atom is -0.494 e. The third-order valence-corrected chi connectivity index (χ3v) is 1.82. The second-order valence-corrected chi connectivity index (χ2v) is 2.82. The number of benzene rings is 1. The first kappa shape index (κ1) is 11.6. The van der Waals surface area contributed by atoms with Gasteiger partial charge in [-0.25, -0.2) is 8.78 Å². The minimum absolute atomic E-state index is 0.235. The predicted molar refractivity (Wildman–Crippen MR) is 49.1 cm³/mol. The minimum atomic E-state index is -0.824. The van der Waals surface area contributed by atoms with Crippen molar-refractivity contribution in [3.05, 3.63) is 29.3 Å². The molecule has 1 aromatic rings. The van der Waals surface area contributed by atoms with Gasteiger partial charge >= 0.3 is 0 Å². The summed E-state index contributed by atoms with van der Waals surface area (Å²) >= 11 is 0. The van der Waals surface area contributed by atoms with E-state index in [1.54, 1.807) is 0 Å². The highest BCUT2D eigenvalue weighted by Gasteiger charge is 2.16. The van der Waals surface area contributed by atoms with Gasteiger partial charge in [-0.05, 0) is 6.07 Å². The molecule has 1 aromatic carbocycles. The molecule has 3 nitrogen and oxygen atoms in total. The Hall–Kier alpha value is -1.49. The van der Waals surface area contributed by atoms with Crippen LogP contribution in [0.4, 0.5) is 8.78 Å². The maximum Gasteiger partial charge on any atom is 0.191 e. The zero-order chi connectivity index (χ0) is 11.4. The van der Waals surface area contributed by atoms with Gasteiger partial charge in [-0.15, -0.1) is 0 Å². The Balaban J connectivity index is 3.10. The van der Waals surface area contributed by atoms with Gasteiger partial charge in [0.1, 0.15) is 12.4 Å². The maximum atomic E-state index is 13.3. The average Bonchev–Trinajstić information content (AvgIpc) is 2.21. The van der Waals surface area contributed by atoms with Crippen LogP contribution in [-0.4, -0.2) is 26.6 Å². The van der Waals surface area contributed by atoms with E-state index >= 15 is 0 Å². The monoisotopic (exact) mass is 216 g/mol. The van der Waals surface area contributed by atoms with Crippen LogP contribution in [0.25, 0.3) is 0 Å². The summed E-state index contributed by atoms with van der Waals surface area (Å²) in [4.78, 5) is 11.2. The van der Waals surface area contributed by atoms with Gasteiger partial charge in [0.15, 0.2) is 17.3 Å². The number of Topliss-reactive ketones (excluding diaryl/α,β-unsaturated/α-hetero) is 1. The van der Waals surface area contributed by atoms with Gasteiger partial charge in [0.05, 0.1) is 12.7 Å². The molecular formula is C10H10F2O3. The first-order chi connectivity index (χ1) is 7.10. The van der Waals surface area contributed by atoms with Crippen molar-refractivity contribution in [1.82, 2.24) is 0 Å². The number of carbonyl (C=O) groups excluding carboxylic acids is 1. The van der Waals surface area contributed by atoms with E-state index in [1.807, 2.05) is 0 Å². The van der Waals surface area contributed by atoms with Gasteiger partial charge in [0, 0.05) is 13.2 Å². The maximum absolute atomic E-state index is 13.3. The molecule has 0 aliphatic carbocycles. The van der Waals surface area contributed by atoms with Gasteiger partial charge in [-0.1, -0.05) is 0 Å². The highest BCUT2D eigenvalue weighted by molar-refractivity contribution is 5.97. The van der Waals surface area contributed by atoms with Crippen LogP contribution in [-0.2, 0) is 4.74 Å². The van der Waals surface area contributed by atoms with E-state index in [2.05, 4.69) is 9.47 Å². The molecule has 82 valence electrons. The molecular weight excluding hydrogens is 206 g/mol. The van der Waals surface area contributed by atoms with Crippen molar-refractivity contribution < 1.29 is 23.0 Å². The molecule has 0 unspecified atom stereocenters. The van der Waals surface area contributed by atoms with Crippen LogP contribution in [0.15, 0.2) is 12.1 Å². The van der Waals surface area contributed by atoms with E-state index in [-0.39, 0.29) is 17.9 Å². The van der Waals surface area contributed by atoms with E-state index < -0.39 is 17.4 Å². The molecule has 0 aliphatic heterocycles. The zero-order valence-electron chi connectivity index (χ0n) is 8.34. The fraction of sp³-hybridized carbons (Fsp3) is 0.300. The Morgan fingerprint density at radius 3 is 2.47 bits per heavy atom. The first-order valence-corrected chi connectivity index (χ1v) is 4.15. The molecule has 15 heavy (non-hydrogen) atoms. The van der Waals surface area contributed by atoms with Crippen LogP contribution in [0.5, 0.6) is 5.75 Å². The smallest absolute Gasteiger partial charge is 0.191 e. The molecule has 0 fully saturated rings. The predicted octanol–water partition coefficient (Wildman–Crippen LogP) is 1.80. The lowest BCUT2D eigenvalue weighted by Crippen LogP contribution is -2.10. The number of carbonyl (C=O) groups is 1. The van der Waals surface area contributed by atoms with E-state index in [0.29, 0.717) is 0 Å². The Morgan fingerprint density at radius 2 is 1.93 bits per heavy atom. The number of rotatable bonds is 4. The fourth-order valence-electron chi connectivity index (χ4n) is 1.11. The lowest BCUT2D eigenvalue weighted by Gasteiger charge is -2.05. The Morgan fingerprint density at radius 1 is 1.27 bits per heavy atom. The van der Waals surface area contributed by atoms with Crippen LogP contribution in [0, 0.1) is 11.6 Å². The Kier molecular flexibility index (Phi) is 3.74. The van der Waals surface area contributed by atoms with Crippen LogP contribution >= 0.6 is 0 Å². The molecule has 1 rings (SSSR count). The highest BCUT2D eigenvalue weighted by atomic mass is 19.1. The van der Waals surface area contributed by atoms with Crippen LogP contribution in [0.3, 0.4) is 0 Å². The molecule has 0 radical (unpaired) electrons. The molecule has 0 N–H and O–H groups in total. The largest absolute Gasteiger partial charge is 0.494 e. The van der Waals surface area contributed by atoms with Gasteiger partial charge in [-0.2, -0.15) is 0 Å². The van der Waals surface area contributed by atoms with E-state index in [4.69, 9.17) is 0 Å². The third kappa shape index (κ3) is 2.50. The second kappa shape index (κ2) is 4.84. The summed E-state index contributed by atoms with van der Waals surface area (Å²) in [6.45, 7) is -0.289. The number of hydrogen-bond donors (Lipinski definition) is 0. The number of ketones is 1. The summed E-state index contributed by atoms with van der Waals surface area (Å²) in [5, 5.41) is 0. The molecule has 0 aliphatic rings. The summed E-state index contributed by atoms with van der Waals surface area (Å²) in [5.74, 6) is -2.45. The molecule has 0 heterocycles. The quantitative estimate of drug-likeness (QED) is 0.720. The number of hydrogen-bond acceptors (Lipinski definition) is 3. The molecule has 0 saturated heterocycles. The third-order valence-electron chi connectivity index (χ3n) is 1.82. The standard InChI is InChI=1S/C10H10F2O3/c1-14-5-9(13)6-3-8(12)10(15-2)4-7(6)11/h3-4H,5H2,1-2H3. The van der Waals surface area contributed by atoms with Gasteiger partial charge in [-0.3, -0.25) is 4.79 Å². The Labute approximate surface area is 85.6 Å². The van der Waals surface area contributed by atoms with E-state index in [0.717, 1.165) is 12.1 Å². The van der Waals surface area contributed by atoms with Crippen molar-refractivity contribution in [2.75, 3.05) is 20.8 Å². The Bertz CT molecular complexity index is 377. The topological polar surface area (TPSA) is 35.5 Å². The molecule has 0 aromatic heterocycles. The van der Waals surface area contributed by atoms with Crippen LogP contribution in [0.1, 0.15) is 10.4 Å². The SMILES string of the molecule is COCC(=O)c1cc(F)c(OC)cc1F. The number of halogens is 2. The van der Waals surface area contributed by atoms with Gasteiger partial charge < -0.3 is 9.47 Å². The molecule has 5 heteroatoms. The van der Waals surface area contributed by atoms with Crippen LogP contribution in [0.2, 0.25) is 0 Å². The summed E-state index contributed by atoms with van der Waals surface area (Å²) in [7, 11) is 2.52.